The molecule has 0 aliphatic heterocycles. The molecule has 2 N–H and O–H groups in total. The van der Waals surface area contributed by atoms with Gasteiger partial charge in [0.25, 0.3) is 0 Å². The molecule has 0 aromatic carbocycles. The third kappa shape index (κ3) is 4.06. The van der Waals surface area contributed by atoms with Crippen molar-refractivity contribution in [2.45, 2.75) is 39.2 Å². The second-order valence-electron chi connectivity index (χ2n) is 5.74. The first-order chi connectivity index (χ1) is 10.1. The predicted octanol–water partition coefficient (Wildman–Crippen LogP) is 1.53. The van der Waals surface area contributed by atoms with E-state index in [9.17, 15) is 14.7 Å². The van der Waals surface area contributed by atoms with E-state index in [1.54, 1.807) is 12.5 Å². The standard InChI is InChI=1S/C15H23N3O3/c1-2-11-8-12(13(9-11)15(20)21)14(19)17-4-3-6-18-7-5-16-10-18/h5,7,10-13H,2-4,6,8-9H2,1H3,(H,17,19)(H,20,21)/t11?,12-,13+/m0/s1. The molecule has 3 atom stereocenters. The summed E-state index contributed by atoms with van der Waals surface area (Å²) in [5.41, 5.74) is 0. The minimum atomic E-state index is -0.843. The molecule has 0 bridgehead atoms. The number of carbonyl (C=O) groups is 2. The average molecular weight is 293 g/mol. The lowest BCUT2D eigenvalue weighted by Crippen LogP contribution is -2.36. The van der Waals surface area contributed by atoms with Crippen molar-refractivity contribution in [1.29, 1.82) is 0 Å². The van der Waals surface area contributed by atoms with Gasteiger partial charge in [0.2, 0.25) is 5.91 Å². The molecular weight excluding hydrogens is 270 g/mol. The number of hydrogen-bond acceptors (Lipinski definition) is 3. The first-order valence-corrected chi connectivity index (χ1v) is 7.58. The van der Waals surface area contributed by atoms with E-state index in [0.717, 1.165) is 19.4 Å². The number of aliphatic carboxylic acids is 1. The second kappa shape index (κ2) is 7.24. The Kier molecular flexibility index (Phi) is 5.36. The molecule has 1 aliphatic carbocycles. The number of carboxylic acid groups (broad SMARTS) is 1. The summed E-state index contributed by atoms with van der Waals surface area (Å²) in [4.78, 5) is 27.4. The van der Waals surface area contributed by atoms with Crippen molar-refractivity contribution in [3.63, 3.8) is 0 Å². The number of hydrogen-bond donors (Lipinski definition) is 2. The van der Waals surface area contributed by atoms with Crippen LogP contribution >= 0.6 is 0 Å². The molecule has 6 heteroatoms. The van der Waals surface area contributed by atoms with Gasteiger partial charge in [-0.25, -0.2) is 4.98 Å². The largest absolute Gasteiger partial charge is 0.481 e. The van der Waals surface area contributed by atoms with Gasteiger partial charge in [0, 0.05) is 25.5 Å². The molecule has 1 aliphatic rings. The molecule has 116 valence electrons. The van der Waals surface area contributed by atoms with E-state index in [4.69, 9.17) is 0 Å². The van der Waals surface area contributed by atoms with Crippen molar-refractivity contribution in [2.24, 2.45) is 17.8 Å². The van der Waals surface area contributed by atoms with Crippen LogP contribution in [0, 0.1) is 17.8 Å². The van der Waals surface area contributed by atoms with Gasteiger partial charge in [-0.05, 0) is 25.2 Å². The third-order valence-electron chi connectivity index (χ3n) is 4.34. The van der Waals surface area contributed by atoms with Gasteiger partial charge in [0.1, 0.15) is 0 Å². The van der Waals surface area contributed by atoms with E-state index in [-0.39, 0.29) is 11.8 Å². The Morgan fingerprint density at radius 2 is 2.14 bits per heavy atom. The van der Waals surface area contributed by atoms with Gasteiger partial charge in [-0.2, -0.15) is 0 Å². The van der Waals surface area contributed by atoms with Gasteiger partial charge >= 0.3 is 5.97 Å². The van der Waals surface area contributed by atoms with E-state index in [0.29, 0.717) is 25.3 Å². The van der Waals surface area contributed by atoms with Gasteiger partial charge in [-0.1, -0.05) is 13.3 Å². The molecule has 0 radical (unpaired) electrons. The summed E-state index contributed by atoms with van der Waals surface area (Å²) < 4.78 is 1.95. The zero-order valence-electron chi connectivity index (χ0n) is 12.4. The summed E-state index contributed by atoms with van der Waals surface area (Å²) >= 11 is 0. The Morgan fingerprint density at radius 1 is 1.38 bits per heavy atom. The maximum atomic E-state index is 12.2. The maximum Gasteiger partial charge on any atom is 0.307 e. The predicted molar refractivity (Wildman–Crippen MR) is 77.5 cm³/mol. The number of rotatable bonds is 7. The van der Waals surface area contributed by atoms with Crippen molar-refractivity contribution >= 4 is 11.9 Å². The SMILES string of the molecule is CCC1C[C@H](C(=O)NCCCn2ccnc2)[C@H](C(=O)O)C1. The molecule has 1 saturated carbocycles. The zero-order chi connectivity index (χ0) is 15.2. The second-order valence-corrected chi connectivity index (χ2v) is 5.74. The van der Waals surface area contributed by atoms with E-state index >= 15 is 0 Å². The molecule has 1 amide bonds. The highest BCUT2D eigenvalue weighted by Crippen LogP contribution is 2.38. The number of carboxylic acids is 1. The van der Waals surface area contributed by atoms with Crippen LogP contribution < -0.4 is 5.32 Å². The van der Waals surface area contributed by atoms with E-state index in [1.165, 1.54) is 0 Å². The Labute approximate surface area is 124 Å². The summed E-state index contributed by atoms with van der Waals surface area (Å²) in [6, 6.07) is 0. The first-order valence-electron chi connectivity index (χ1n) is 7.58. The topological polar surface area (TPSA) is 84.2 Å². The third-order valence-corrected chi connectivity index (χ3v) is 4.34. The minimum absolute atomic E-state index is 0.107. The Balaban J connectivity index is 1.77. The number of nitrogens with one attached hydrogen (secondary N) is 1. The molecule has 1 aromatic rings. The van der Waals surface area contributed by atoms with Crippen LogP contribution in [0.2, 0.25) is 0 Å². The van der Waals surface area contributed by atoms with Gasteiger partial charge in [0.15, 0.2) is 0 Å². The maximum absolute atomic E-state index is 12.2. The van der Waals surface area contributed by atoms with Crippen molar-refractivity contribution in [3.8, 4) is 0 Å². The fourth-order valence-electron chi connectivity index (χ4n) is 3.06. The number of carbonyl (C=O) groups excluding carboxylic acids is 1. The lowest BCUT2D eigenvalue weighted by atomic mass is 9.95. The monoisotopic (exact) mass is 293 g/mol. The molecular formula is C15H23N3O3. The van der Waals surface area contributed by atoms with Crippen LogP contribution in [0.1, 0.15) is 32.6 Å². The molecule has 21 heavy (non-hydrogen) atoms. The molecule has 6 nitrogen and oxygen atoms in total. The summed E-state index contributed by atoms with van der Waals surface area (Å²) in [5.74, 6) is -1.49. The van der Waals surface area contributed by atoms with Crippen LogP contribution in [0.3, 0.4) is 0 Å². The van der Waals surface area contributed by atoms with Gasteiger partial charge in [-0.3, -0.25) is 9.59 Å². The molecule has 1 unspecified atom stereocenters. The lowest BCUT2D eigenvalue weighted by Gasteiger charge is -2.15. The quantitative estimate of drug-likeness (QED) is 0.747. The fourth-order valence-corrected chi connectivity index (χ4v) is 3.06. The number of aromatic nitrogens is 2. The summed E-state index contributed by atoms with van der Waals surface area (Å²) in [5, 5.41) is 12.1. The van der Waals surface area contributed by atoms with Crippen molar-refractivity contribution in [1.82, 2.24) is 14.9 Å². The number of amides is 1. The fraction of sp³-hybridized carbons (Fsp3) is 0.667. The summed E-state index contributed by atoms with van der Waals surface area (Å²) in [7, 11) is 0. The molecule has 2 rings (SSSR count). The highest BCUT2D eigenvalue weighted by molar-refractivity contribution is 5.85. The average Bonchev–Trinajstić information content (AvgIpc) is 3.12. The summed E-state index contributed by atoms with van der Waals surface area (Å²) in [6.45, 7) is 3.41. The molecule has 1 fully saturated rings. The number of aryl methyl sites for hydroxylation is 1. The van der Waals surface area contributed by atoms with Crippen LogP contribution in [0.15, 0.2) is 18.7 Å². The zero-order valence-corrected chi connectivity index (χ0v) is 12.4. The van der Waals surface area contributed by atoms with E-state index < -0.39 is 11.9 Å². The Hall–Kier alpha value is -1.85. The highest BCUT2D eigenvalue weighted by Gasteiger charge is 2.41. The number of nitrogens with zero attached hydrogens (tertiary/aromatic N) is 2. The van der Waals surface area contributed by atoms with Gasteiger partial charge in [-0.15, -0.1) is 0 Å². The van der Waals surface area contributed by atoms with Gasteiger partial charge < -0.3 is 15.0 Å². The van der Waals surface area contributed by atoms with Crippen LogP contribution in [0.25, 0.3) is 0 Å². The smallest absolute Gasteiger partial charge is 0.307 e. The lowest BCUT2D eigenvalue weighted by molar-refractivity contribution is -0.146. The minimum Gasteiger partial charge on any atom is -0.481 e. The Bertz CT molecular complexity index is 473. The van der Waals surface area contributed by atoms with Gasteiger partial charge in [0.05, 0.1) is 18.2 Å². The molecule has 1 heterocycles. The van der Waals surface area contributed by atoms with Crippen LogP contribution in [0.5, 0.6) is 0 Å². The normalized spacial score (nSPS) is 24.9. The molecule has 1 aromatic heterocycles. The van der Waals surface area contributed by atoms with Crippen molar-refractivity contribution < 1.29 is 14.7 Å². The van der Waals surface area contributed by atoms with E-state index in [2.05, 4.69) is 17.2 Å². The van der Waals surface area contributed by atoms with Crippen molar-refractivity contribution in [2.75, 3.05) is 6.54 Å². The van der Waals surface area contributed by atoms with E-state index in [1.807, 2.05) is 10.8 Å². The molecule has 0 saturated heterocycles. The number of imidazole rings is 1. The van der Waals surface area contributed by atoms with Crippen LogP contribution in [-0.2, 0) is 16.1 Å². The first kappa shape index (κ1) is 15.5. The summed E-state index contributed by atoms with van der Waals surface area (Å²) in [6.07, 6.45) is 8.41. The Morgan fingerprint density at radius 3 is 2.76 bits per heavy atom. The van der Waals surface area contributed by atoms with Crippen molar-refractivity contribution in [3.05, 3.63) is 18.7 Å². The molecule has 0 spiro atoms. The van der Waals surface area contributed by atoms with Crippen LogP contribution in [-0.4, -0.2) is 33.1 Å². The highest BCUT2D eigenvalue weighted by atomic mass is 16.4. The van der Waals surface area contributed by atoms with Crippen LogP contribution in [0.4, 0.5) is 0 Å².